The van der Waals surface area contributed by atoms with Gasteiger partial charge in [0.2, 0.25) is 0 Å². The predicted octanol–water partition coefficient (Wildman–Crippen LogP) is 11.7. The largest absolute Gasteiger partial charge is 0.399 e. The molecule has 0 fully saturated rings. The molecule has 0 aromatic heterocycles. The average molecular weight is 575 g/mol. The fourth-order valence-electron chi connectivity index (χ4n) is 7.27. The summed E-state index contributed by atoms with van der Waals surface area (Å²) in [5.74, 6) is 0. The molecule has 0 aliphatic heterocycles. The van der Waals surface area contributed by atoms with E-state index in [1.807, 2.05) is 0 Å². The third-order valence-electron chi connectivity index (χ3n) is 9.52. The maximum Gasteiger partial charge on any atom is 0.0326 e. The number of hydrogen-bond acceptors (Lipinski definition) is 2. The predicted molar refractivity (Wildman–Crippen MR) is 194 cm³/mol. The molecule has 2 nitrogen and oxygen atoms in total. The second-order valence-corrected chi connectivity index (χ2v) is 13.6. The molecular formula is C42H42N2. The fourth-order valence-corrected chi connectivity index (χ4v) is 7.27. The number of anilines is 2. The summed E-state index contributed by atoms with van der Waals surface area (Å²) in [6.45, 7) is 9.04. The molecule has 0 bridgehead atoms. The van der Waals surface area contributed by atoms with E-state index in [1.54, 1.807) is 0 Å². The van der Waals surface area contributed by atoms with Gasteiger partial charge in [-0.25, -0.2) is 0 Å². The quantitative estimate of drug-likeness (QED) is 0.0861. The number of aryl methyl sites for hydroxylation is 1. The van der Waals surface area contributed by atoms with Crippen LogP contribution < -0.4 is 11.5 Å². The molecule has 2 heteroatoms. The summed E-state index contributed by atoms with van der Waals surface area (Å²) in [7, 11) is 0. The number of nitrogens with two attached hydrogens (primary N) is 2. The van der Waals surface area contributed by atoms with E-state index in [4.69, 9.17) is 11.5 Å². The van der Waals surface area contributed by atoms with Gasteiger partial charge in [0.25, 0.3) is 0 Å². The summed E-state index contributed by atoms with van der Waals surface area (Å²) in [6.07, 6.45) is 6.11. The molecule has 4 N–H and O–H groups in total. The number of hydrogen-bond donors (Lipinski definition) is 2. The van der Waals surface area contributed by atoms with Crippen molar-refractivity contribution in [2.24, 2.45) is 0 Å². The van der Waals surface area contributed by atoms with E-state index in [9.17, 15) is 0 Å². The Bertz CT molecular complexity index is 2150. The molecule has 0 spiro atoms. The van der Waals surface area contributed by atoms with Crippen molar-refractivity contribution >= 4 is 54.5 Å². The second-order valence-electron chi connectivity index (χ2n) is 13.6. The smallest absolute Gasteiger partial charge is 0.0326 e. The first kappa shape index (κ1) is 28.2. The summed E-state index contributed by atoms with van der Waals surface area (Å²) in [5, 5.41) is 9.76. The van der Waals surface area contributed by atoms with Crippen molar-refractivity contribution in [1.29, 1.82) is 0 Å². The highest BCUT2D eigenvalue weighted by Crippen LogP contribution is 2.47. The van der Waals surface area contributed by atoms with Crippen LogP contribution in [-0.4, -0.2) is 0 Å². The van der Waals surface area contributed by atoms with Crippen LogP contribution in [0.5, 0.6) is 0 Å². The first-order valence-corrected chi connectivity index (χ1v) is 16.2. The Hall–Kier alpha value is -4.56. The summed E-state index contributed by atoms with van der Waals surface area (Å²) in [4.78, 5) is 0. The van der Waals surface area contributed by atoms with Crippen LogP contribution in [0.4, 0.5) is 11.4 Å². The molecule has 7 aromatic rings. The zero-order chi connectivity index (χ0) is 30.6. The molecule has 0 amide bonds. The lowest BCUT2D eigenvalue weighted by Crippen LogP contribution is -2.10. The van der Waals surface area contributed by atoms with Gasteiger partial charge in [-0.3, -0.25) is 0 Å². The van der Waals surface area contributed by atoms with Crippen LogP contribution in [0, 0.1) is 0 Å². The van der Waals surface area contributed by atoms with Gasteiger partial charge in [0.05, 0.1) is 0 Å². The molecule has 7 rings (SSSR count). The molecule has 0 heterocycles. The maximum atomic E-state index is 6.70. The third-order valence-corrected chi connectivity index (χ3v) is 9.52. The van der Waals surface area contributed by atoms with Gasteiger partial charge in [0, 0.05) is 11.4 Å². The maximum absolute atomic E-state index is 6.70. The standard InChI is InChI=1S/C42H42N2/c1-5-6-7-8-11-26-12-9-10-13-31(26)33-19-21-35-34-20-18-32(27-14-16-28(17-15-27)42(2,3)4)36-22-29(43)24-38(40(34)36)39-25-30(44)23-37(33)41(35)39/h9-10,12-25H,5-8,11,43-44H2,1-4H3. The number of nitrogen functional groups attached to an aromatic ring is 2. The van der Waals surface area contributed by atoms with E-state index in [2.05, 4.69) is 125 Å². The minimum Gasteiger partial charge on any atom is -0.399 e. The Balaban J connectivity index is 1.48. The average Bonchev–Trinajstić information content (AvgIpc) is 3.01. The van der Waals surface area contributed by atoms with E-state index in [0.29, 0.717) is 0 Å². The van der Waals surface area contributed by atoms with Gasteiger partial charge in [-0.1, -0.05) is 120 Å². The number of rotatable bonds is 7. The van der Waals surface area contributed by atoms with Crippen LogP contribution >= 0.6 is 0 Å². The lowest BCUT2D eigenvalue weighted by molar-refractivity contribution is 0.590. The van der Waals surface area contributed by atoms with Crippen molar-refractivity contribution in [3.05, 3.63) is 108 Å². The summed E-state index contributed by atoms with van der Waals surface area (Å²) < 4.78 is 0. The van der Waals surface area contributed by atoms with E-state index in [0.717, 1.165) is 23.2 Å². The Morgan fingerprint density at radius 1 is 0.523 bits per heavy atom. The molecule has 0 saturated carbocycles. The summed E-state index contributed by atoms with van der Waals surface area (Å²) >= 11 is 0. The molecule has 0 radical (unpaired) electrons. The van der Waals surface area contributed by atoms with Crippen LogP contribution in [0.15, 0.2) is 97.1 Å². The minimum atomic E-state index is 0.111. The van der Waals surface area contributed by atoms with Crippen LogP contribution in [0.3, 0.4) is 0 Å². The lowest BCUT2D eigenvalue weighted by atomic mass is 9.83. The van der Waals surface area contributed by atoms with E-state index < -0.39 is 0 Å². The number of benzene rings is 7. The Morgan fingerprint density at radius 2 is 1.09 bits per heavy atom. The zero-order valence-electron chi connectivity index (χ0n) is 26.4. The van der Waals surface area contributed by atoms with Crippen LogP contribution in [0.1, 0.15) is 64.5 Å². The van der Waals surface area contributed by atoms with Crippen molar-refractivity contribution in [3.8, 4) is 22.3 Å². The molecule has 0 unspecified atom stereocenters. The zero-order valence-corrected chi connectivity index (χ0v) is 26.4. The highest BCUT2D eigenvalue weighted by molar-refractivity contribution is 6.36. The van der Waals surface area contributed by atoms with Crippen LogP contribution in [0.2, 0.25) is 0 Å². The Labute approximate surface area is 261 Å². The van der Waals surface area contributed by atoms with E-state index in [-0.39, 0.29) is 5.41 Å². The van der Waals surface area contributed by atoms with Crippen molar-refractivity contribution in [3.63, 3.8) is 0 Å². The molecule has 220 valence electrons. The van der Waals surface area contributed by atoms with Gasteiger partial charge < -0.3 is 11.5 Å². The lowest BCUT2D eigenvalue weighted by Gasteiger charge is -2.21. The van der Waals surface area contributed by atoms with Gasteiger partial charge in [0.15, 0.2) is 0 Å². The van der Waals surface area contributed by atoms with Crippen molar-refractivity contribution in [2.75, 3.05) is 11.5 Å². The first-order valence-electron chi connectivity index (χ1n) is 16.2. The molecule has 0 atom stereocenters. The molecule has 7 aromatic carbocycles. The normalized spacial score (nSPS) is 12.3. The summed E-state index contributed by atoms with van der Waals surface area (Å²) in [6, 6.07) is 35.8. The van der Waals surface area contributed by atoms with Crippen LogP contribution in [0.25, 0.3) is 65.3 Å². The van der Waals surface area contributed by atoms with Crippen molar-refractivity contribution in [2.45, 2.75) is 65.2 Å². The SMILES string of the molecule is CCCCCCc1ccccc1-c1ccc2c3ccc(-c4ccc(C(C)(C)C)cc4)c4cc(N)cc(c5cc(N)cc1c25)c43. The van der Waals surface area contributed by atoms with Gasteiger partial charge in [0.1, 0.15) is 0 Å². The molecule has 0 saturated heterocycles. The molecule has 0 aliphatic carbocycles. The highest BCUT2D eigenvalue weighted by Gasteiger charge is 2.20. The fraction of sp³-hybridized carbons (Fsp3) is 0.238. The van der Waals surface area contributed by atoms with Gasteiger partial charge >= 0.3 is 0 Å². The minimum absolute atomic E-state index is 0.111. The van der Waals surface area contributed by atoms with Crippen LogP contribution in [-0.2, 0) is 11.8 Å². The highest BCUT2D eigenvalue weighted by atomic mass is 14.6. The van der Waals surface area contributed by atoms with E-state index in [1.165, 1.54) is 96.8 Å². The Morgan fingerprint density at radius 3 is 1.70 bits per heavy atom. The van der Waals surface area contributed by atoms with Crippen molar-refractivity contribution in [1.82, 2.24) is 0 Å². The monoisotopic (exact) mass is 574 g/mol. The van der Waals surface area contributed by atoms with Crippen molar-refractivity contribution < 1.29 is 0 Å². The van der Waals surface area contributed by atoms with Gasteiger partial charge in [-0.15, -0.1) is 0 Å². The summed E-state index contributed by atoms with van der Waals surface area (Å²) in [5.41, 5.74) is 22.7. The number of unbranched alkanes of at least 4 members (excludes halogenated alkanes) is 3. The second kappa shape index (κ2) is 10.9. The Kier molecular flexibility index (Phi) is 6.97. The first-order chi connectivity index (χ1) is 21.2. The van der Waals surface area contributed by atoms with Gasteiger partial charge in [-0.05, 0) is 119 Å². The van der Waals surface area contributed by atoms with Gasteiger partial charge in [-0.2, -0.15) is 0 Å². The number of fused-ring (bicyclic) bond motifs is 2. The molecular weight excluding hydrogens is 532 g/mol. The molecule has 44 heavy (non-hydrogen) atoms. The topological polar surface area (TPSA) is 52.0 Å². The third kappa shape index (κ3) is 4.74. The van der Waals surface area contributed by atoms with E-state index >= 15 is 0 Å². The molecule has 0 aliphatic rings.